The van der Waals surface area contributed by atoms with Crippen LogP contribution in [0.3, 0.4) is 0 Å². The summed E-state index contributed by atoms with van der Waals surface area (Å²) in [7, 11) is 1.52. The van der Waals surface area contributed by atoms with Gasteiger partial charge in [-0.25, -0.2) is 0 Å². The molecule has 0 aliphatic heterocycles. The molecule has 1 rings (SSSR count). The summed E-state index contributed by atoms with van der Waals surface area (Å²) in [5.41, 5.74) is 6.22. The van der Waals surface area contributed by atoms with E-state index in [2.05, 4.69) is 4.74 Å². The Kier molecular flexibility index (Phi) is 5.91. The highest BCUT2D eigenvalue weighted by Gasteiger charge is 2.27. The Labute approximate surface area is 109 Å². The zero-order valence-corrected chi connectivity index (χ0v) is 10.5. The van der Waals surface area contributed by atoms with E-state index in [9.17, 15) is 13.2 Å². The molecular weight excluding hydrogens is 263 g/mol. The average Bonchev–Trinajstić information content (AvgIpc) is 2.35. The minimum atomic E-state index is -4.36. The molecule has 0 saturated carbocycles. The molecule has 19 heavy (non-hydrogen) atoms. The summed E-state index contributed by atoms with van der Waals surface area (Å²) in [6.07, 6.45) is -3.82. The number of halogens is 3. The lowest BCUT2D eigenvalue weighted by molar-refractivity contribution is -0.186. The zero-order valence-electron chi connectivity index (χ0n) is 10.5. The summed E-state index contributed by atoms with van der Waals surface area (Å²) in [6.45, 7) is -1.41. The fraction of sp³-hybridized carbons (Fsp3) is 0.500. The molecular formula is C12H16F3NO3. The van der Waals surface area contributed by atoms with Crippen LogP contribution in [0.25, 0.3) is 0 Å². The second kappa shape index (κ2) is 7.20. The maximum absolute atomic E-state index is 11.9. The summed E-state index contributed by atoms with van der Waals surface area (Å²) in [5.74, 6) is 1.07. The standard InChI is InChI=1S/C12H16F3NO3/c1-17-10-2-3-11(9(6-10)4-5-16)19-8-18-7-12(13,14)15/h2-3,6H,4-5,7-8,16H2,1H3. The van der Waals surface area contributed by atoms with Crippen molar-refractivity contribution in [2.45, 2.75) is 12.6 Å². The summed E-state index contributed by atoms with van der Waals surface area (Å²) in [6, 6.07) is 4.99. The van der Waals surface area contributed by atoms with Crippen LogP contribution in [0, 0.1) is 0 Å². The van der Waals surface area contributed by atoms with Crippen molar-refractivity contribution >= 4 is 0 Å². The Morgan fingerprint density at radius 2 is 2.00 bits per heavy atom. The van der Waals surface area contributed by atoms with E-state index >= 15 is 0 Å². The van der Waals surface area contributed by atoms with E-state index in [0.717, 1.165) is 5.56 Å². The molecule has 1 aromatic rings. The lowest BCUT2D eigenvalue weighted by Crippen LogP contribution is -2.19. The third kappa shape index (κ3) is 5.80. The second-order valence-corrected chi connectivity index (χ2v) is 3.74. The van der Waals surface area contributed by atoms with Gasteiger partial charge in [-0.3, -0.25) is 0 Å². The van der Waals surface area contributed by atoms with Crippen LogP contribution >= 0.6 is 0 Å². The van der Waals surface area contributed by atoms with Gasteiger partial charge < -0.3 is 19.9 Å². The van der Waals surface area contributed by atoms with Gasteiger partial charge in [0.25, 0.3) is 0 Å². The lowest BCUT2D eigenvalue weighted by Gasteiger charge is -2.13. The number of alkyl halides is 3. The first-order chi connectivity index (χ1) is 8.96. The Morgan fingerprint density at radius 1 is 1.26 bits per heavy atom. The van der Waals surface area contributed by atoms with Crippen LogP contribution < -0.4 is 15.2 Å². The van der Waals surface area contributed by atoms with Gasteiger partial charge in [0.05, 0.1) is 7.11 Å². The third-order valence-electron chi connectivity index (χ3n) is 2.24. The minimum absolute atomic E-state index is 0.396. The summed E-state index contributed by atoms with van der Waals surface area (Å²) in [4.78, 5) is 0. The smallest absolute Gasteiger partial charge is 0.411 e. The number of rotatable bonds is 7. The Bertz CT molecular complexity index is 396. The van der Waals surface area contributed by atoms with E-state index < -0.39 is 19.6 Å². The molecule has 0 spiro atoms. The molecule has 1 aromatic carbocycles. The van der Waals surface area contributed by atoms with E-state index in [4.69, 9.17) is 15.2 Å². The van der Waals surface area contributed by atoms with E-state index in [1.54, 1.807) is 18.2 Å². The minimum Gasteiger partial charge on any atom is -0.497 e. The number of methoxy groups -OCH3 is 1. The normalized spacial score (nSPS) is 11.4. The van der Waals surface area contributed by atoms with Crippen molar-refractivity contribution in [3.05, 3.63) is 23.8 Å². The van der Waals surface area contributed by atoms with Gasteiger partial charge in [0.2, 0.25) is 0 Å². The molecule has 0 saturated heterocycles. The average molecular weight is 279 g/mol. The summed E-state index contributed by atoms with van der Waals surface area (Å²) < 4.78 is 50.2. The third-order valence-corrected chi connectivity index (χ3v) is 2.24. The van der Waals surface area contributed by atoms with E-state index in [1.807, 2.05) is 0 Å². The van der Waals surface area contributed by atoms with Gasteiger partial charge in [-0.1, -0.05) is 0 Å². The second-order valence-electron chi connectivity index (χ2n) is 3.74. The molecule has 0 heterocycles. The van der Waals surface area contributed by atoms with Crippen LogP contribution in [0.4, 0.5) is 13.2 Å². The Morgan fingerprint density at radius 3 is 2.58 bits per heavy atom. The number of ether oxygens (including phenoxy) is 3. The van der Waals surface area contributed by atoms with Crippen LogP contribution in [0.5, 0.6) is 11.5 Å². The topological polar surface area (TPSA) is 53.7 Å². The number of hydrogen-bond donors (Lipinski definition) is 1. The van der Waals surface area contributed by atoms with Crippen molar-refractivity contribution in [1.29, 1.82) is 0 Å². The molecule has 7 heteroatoms. The SMILES string of the molecule is COc1ccc(OCOCC(F)(F)F)c(CCN)c1. The van der Waals surface area contributed by atoms with Crippen LogP contribution in [-0.2, 0) is 11.2 Å². The first-order valence-electron chi connectivity index (χ1n) is 5.60. The van der Waals surface area contributed by atoms with Gasteiger partial charge in [0.15, 0.2) is 6.79 Å². The molecule has 108 valence electrons. The Balaban J connectivity index is 2.56. The van der Waals surface area contributed by atoms with Gasteiger partial charge in [-0.2, -0.15) is 13.2 Å². The molecule has 0 atom stereocenters. The summed E-state index contributed by atoms with van der Waals surface area (Å²) in [5, 5.41) is 0. The molecule has 0 amide bonds. The van der Waals surface area contributed by atoms with Crippen LogP contribution in [-0.4, -0.2) is 33.2 Å². The van der Waals surface area contributed by atoms with Crippen LogP contribution in [0.1, 0.15) is 5.56 Å². The first kappa shape index (κ1) is 15.6. The maximum atomic E-state index is 11.9. The highest BCUT2D eigenvalue weighted by molar-refractivity contribution is 5.40. The summed E-state index contributed by atoms with van der Waals surface area (Å²) >= 11 is 0. The molecule has 0 aromatic heterocycles. The molecule has 0 bridgehead atoms. The number of nitrogens with two attached hydrogens (primary N) is 1. The van der Waals surface area contributed by atoms with E-state index in [-0.39, 0.29) is 0 Å². The fourth-order valence-corrected chi connectivity index (χ4v) is 1.44. The fourth-order valence-electron chi connectivity index (χ4n) is 1.44. The van der Waals surface area contributed by atoms with Crippen molar-refractivity contribution in [2.75, 3.05) is 27.1 Å². The quantitative estimate of drug-likeness (QED) is 0.613. The molecule has 0 aliphatic rings. The molecule has 0 aliphatic carbocycles. The monoisotopic (exact) mass is 279 g/mol. The predicted molar refractivity (Wildman–Crippen MR) is 63.3 cm³/mol. The van der Waals surface area contributed by atoms with Gasteiger partial charge in [0, 0.05) is 0 Å². The largest absolute Gasteiger partial charge is 0.497 e. The molecule has 0 unspecified atom stereocenters. The lowest BCUT2D eigenvalue weighted by atomic mass is 10.1. The zero-order chi connectivity index (χ0) is 14.3. The highest BCUT2D eigenvalue weighted by Crippen LogP contribution is 2.24. The number of hydrogen-bond acceptors (Lipinski definition) is 4. The van der Waals surface area contributed by atoms with Gasteiger partial charge in [-0.05, 0) is 36.7 Å². The highest BCUT2D eigenvalue weighted by atomic mass is 19.4. The Hall–Kier alpha value is -1.47. The molecule has 0 fully saturated rings. The van der Waals surface area contributed by atoms with Crippen LogP contribution in [0.2, 0.25) is 0 Å². The van der Waals surface area contributed by atoms with Gasteiger partial charge in [0.1, 0.15) is 18.1 Å². The number of benzene rings is 1. The van der Waals surface area contributed by atoms with Crippen molar-refractivity contribution in [2.24, 2.45) is 5.73 Å². The van der Waals surface area contributed by atoms with E-state index in [1.165, 1.54) is 7.11 Å². The van der Waals surface area contributed by atoms with E-state index in [0.29, 0.717) is 24.5 Å². The van der Waals surface area contributed by atoms with Crippen molar-refractivity contribution in [1.82, 2.24) is 0 Å². The first-order valence-corrected chi connectivity index (χ1v) is 5.60. The van der Waals surface area contributed by atoms with Crippen molar-refractivity contribution in [3.8, 4) is 11.5 Å². The molecule has 0 radical (unpaired) electrons. The maximum Gasteiger partial charge on any atom is 0.411 e. The van der Waals surface area contributed by atoms with Gasteiger partial charge >= 0.3 is 6.18 Å². The van der Waals surface area contributed by atoms with Crippen molar-refractivity contribution < 1.29 is 27.4 Å². The van der Waals surface area contributed by atoms with Crippen LogP contribution in [0.15, 0.2) is 18.2 Å². The van der Waals surface area contributed by atoms with Gasteiger partial charge in [-0.15, -0.1) is 0 Å². The molecule has 4 nitrogen and oxygen atoms in total. The van der Waals surface area contributed by atoms with Crippen molar-refractivity contribution in [3.63, 3.8) is 0 Å². The predicted octanol–water partition coefficient (Wildman–Crippen LogP) is 2.11. The molecule has 2 N–H and O–H groups in total.